The van der Waals surface area contributed by atoms with E-state index >= 15 is 0 Å². The summed E-state index contributed by atoms with van der Waals surface area (Å²) in [4.78, 5) is 4.20. The monoisotopic (exact) mass is 172 g/mol. The summed E-state index contributed by atoms with van der Waals surface area (Å²) in [5.41, 5.74) is 6.64. The predicted molar refractivity (Wildman–Crippen MR) is 50.8 cm³/mol. The summed E-state index contributed by atoms with van der Waals surface area (Å²) in [5, 5.41) is 3.03. The van der Waals surface area contributed by atoms with Crippen LogP contribution in [0, 0.1) is 6.92 Å². The average molecular weight is 172 g/mol. The highest BCUT2D eigenvalue weighted by atomic mass is 32.1. The number of nitrogens with zero attached hydrogens (tertiary/aromatic N) is 1. The lowest BCUT2D eigenvalue weighted by molar-refractivity contribution is 0.803. The standard InChI is InChI=1S/C6H10N2S.C2H6/c1-4-3-9-6(8-4)5(2)7;1-2/h3,5H,7H2,1-2H3;1-2H3. The molecule has 0 bridgehead atoms. The topological polar surface area (TPSA) is 38.9 Å². The molecule has 0 saturated carbocycles. The largest absolute Gasteiger partial charge is 0.322 e. The molecule has 64 valence electrons. The van der Waals surface area contributed by atoms with Crippen LogP contribution in [-0.2, 0) is 0 Å². The lowest BCUT2D eigenvalue weighted by atomic mass is 10.4. The van der Waals surface area contributed by atoms with Crippen molar-refractivity contribution in [3.05, 3.63) is 16.1 Å². The first-order valence-electron chi connectivity index (χ1n) is 3.88. The van der Waals surface area contributed by atoms with Crippen LogP contribution in [0.2, 0.25) is 0 Å². The van der Waals surface area contributed by atoms with E-state index < -0.39 is 0 Å². The molecule has 1 aromatic heterocycles. The van der Waals surface area contributed by atoms with Gasteiger partial charge in [-0.3, -0.25) is 0 Å². The first-order chi connectivity index (χ1) is 5.20. The highest BCUT2D eigenvalue weighted by Gasteiger charge is 2.01. The van der Waals surface area contributed by atoms with Crippen LogP contribution in [0.1, 0.15) is 37.5 Å². The Balaban J connectivity index is 0.000000461. The van der Waals surface area contributed by atoms with E-state index in [9.17, 15) is 0 Å². The van der Waals surface area contributed by atoms with E-state index in [1.165, 1.54) is 0 Å². The molecule has 1 aromatic rings. The Hall–Kier alpha value is -0.410. The Morgan fingerprint density at radius 3 is 2.27 bits per heavy atom. The second-order valence-corrected chi connectivity index (χ2v) is 3.01. The van der Waals surface area contributed by atoms with Gasteiger partial charge >= 0.3 is 0 Å². The summed E-state index contributed by atoms with van der Waals surface area (Å²) in [6, 6.07) is 0.0868. The maximum absolute atomic E-state index is 5.57. The molecule has 0 radical (unpaired) electrons. The maximum atomic E-state index is 5.57. The Morgan fingerprint density at radius 1 is 1.55 bits per heavy atom. The van der Waals surface area contributed by atoms with Crippen LogP contribution < -0.4 is 5.73 Å². The third-order valence-electron chi connectivity index (χ3n) is 1.03. The van der Waals surface area contributed by atoms with Gasteiger partial charge in [0.2, 0.25) is 0 Å². The summed E-state index contributed by atoms with van der Waals surface area (Å²) in [7, 11) is 0. The fourth-order valence-electron chi connectivity index (χ4n) is 0.581. The van der Waals surface area contributed by atoms with Crippen molar-refractivity contribution in [3.8, 4) is 0 Å². The molecule has 0 fully saturated rings. The van der Waals surface area contributed by atoms with Gasteiger partial charge in [0.25, 0.3) is 0 Å². The van der Waals surface area contributed by atoms with E-state index in [0.717, 1.165) is 10.7 Å². The van der Waals surface area contributed by atoms with Crippen molar-refractivity contribution in [2.45, 2.75) is 33.7 Å². The fraction of sp³-hybridized carbons (Fsp3) is 0.625. The van der Waals surface area contributed by atoms with Gasteiger partial charge in [-0.25, -0.2) is 4.98 Å². The molecule has 1 heterocycles. The van der Waals surface area contributed by atoms with E-state index in [0.29, 0.717) is 0 Å². The molecule has 1 atom stereocenters. The van der Waals surface area contributed by atoms with Crippen LogP contribution in [0.25, 0.3) is 0 Å². The number of rotatable bonds is 1. The normalized spacial score (nSPS) is 11.7. The molecule has 1 unspecified atom stereocenters. The molecule has 0 aliphatic heterocycles. The van der Waals surface area contributed by atoms with Crippen molar-refractivity contribution in [1.29, 1.82) is 0 Å². The Labute approximate surface area is 72.5 Å². The fourth-order valence-corrected chi connectivity index (χ4v) is 1.34. The molecular formula is C8H16N2S. The molecule has 0 amide bonds. The van der Waals surface area contributed by atoms with Gasteiger partial charge < -0.3 is 5.73 Å². The molecule has 0 spiro atoms. The van der Waals surface area contributed by atoms with Gasteiger partial charge in [-0.1, -0.05) is 13.8 Å². The Bertz CT molecular complexity index is 194. The zero-order valence-electron chi connectivity index (χ0n) is 7.59. The SMILES string of the molecule is CC.Cc1csc(C(C)N)n1. The molecule has 0 aliphatic rings. The second kappa shape index (κ2) is 5.27. The van der Waals surface area contributed by atoms with E-state index in [2.05, 4.69) is 4.98 Å². The van der Waals surface area contributed by atoms with Gasteiger partial charge in [0, 0.05) is 11.1 Å². The quantitative estimate of drug-likeness (QED) is 0.707. The van der Waals surface area contributed by atoms with Gasteiger partial charge in [0.1, 0.15) is 5.01 Å². The minimum atomic E-state index is 0.0868. The summed E-state index contributed by atoms with van der Waals surface area (Å²) < 4.78 is 0. The number of hydrogen-bond donors (Lipinski definition) is 1. The molecule has 1 rings (SSSR count). The molecule has 2 nitrogen and oxygen atoms in total. The molecule has 0 aromatic carbocycles. The smallest absolute Gasteiger partial charge is 0.109 e. The lowest BCUT2D eigenvalue weighted by Gasteiger charge is -1.95. The van der Waals surface area contributed by atoms with Gasteiger partial charge in [-0.2, -0.15) is 0 Å². The van der Waals surface area contributed by atoms with E-state index in [4.69, 9.17) is 5.73 Å². The number of thiazole rings is 1. The van der Waals surface area contributed by atoms with Gasteiger partial charge in [-0.05, 0) is 13.8 Å². The number of aromatic nitrogens is 1. The van der Waals surface area contributed by atoms with Crippen LogP contribution >= 0.6 is 11.3 Å². The van der Waals surface area contributed by atoms with Gasteiger partial charge in [-0.15, -0.1) is 11.3 Å². The van der Waals surface area contributed by atoms with Crippen molar-refractivity contribution in [3.63, 3.8) is 0 Å². The summed E-state index contributed by atoms with van der Waals surface area (Å²) in [6.45, 7) is 7.92. The summed E-state index contributed by atoms with van der Waals surface area (Å²) in [5.74, 6) is 0. The third kappa shape index (κ3) is 3.49. The minimum absolute atomic E-state index is 0.0868. The average Bonchev–Trinajstić information content (AvgIpc) is 2.40. The molecule has 3 heteroatoms. The van der Waals surface area contributed by atoms with Crippen LogP contribution in [0.15, 0.2) is 5.38 Å². The molecule has 0 aliphatic carbocycles. The first-order valence-corrected chi connectivity index (χ1v) is 4.75. The van der Waals surface area contributed by atoms with E-state index in [1.807, 2.05) is 33.1 Å². The Kier molecular flexibility index (Phi) is 5.07. The first kappa shape index (κ1) is 10.6. The number of hydrogen-bond acceptors (Lipinski definition) is 3. The highest BCUT2D eigenvalue weighted by molar-refractivity contribution is 7.09. The van der Waals surface area contributed by atoms with Gasteiger partial charge in [0.05, 0.1) is 6.04 Å². The minimum Gasteiger partial charge on any atom is -0.322 e. The van der Waals surface area contributed by atoms with Crippen molar-refractivity contribution >= 4 is 11.3 Å². The zero-order chi connectivity index (χ0) is 8.85. The number of aryl methyl sites for hydroxylation is 1. The molecule has 0 saturated heterocycles. The van der Waals surface area contributed by atoms with Gasteiger partial charge in [0.15, 0.2) is 0 Å². The summed E-state index contributed by atoms with van der Waals surface area (Å²) in [6.07, 6.45) is 0. The lowest BCUT2D eigenvalue weighted by Crippen LogP contribution is -2.03. The highest BCUT2D eigenvalue weighted by Crippen LogP contribution is 2.14. The molecule has 11 heavy (non-hydrogen) atoms. The van der Waals surface area contributed by atoms with Crippen molar-refractivity contribution < 1.29 is 0 Å². The maximum Gasteiger partial charge on any atom is 0.109 e. The predicted octanol–water partition coefficient (Wildman–Crippen LogP) is 2.50. The Morgan fingerprint density at radius 2 is 2.09 bits per heavy atom. The molecular weight excluding hydrogens is 156 g/mol. The van der Waals surface area contributed by atoms with Crippen molar-refractivity contribution in [2.75, 3.05) is 0 Å². The third-order valence-corrected chi connectivity index (χ3v) is 2.19. The van der Waals surface area contributed by atoms with Crippen LogP contribution in [0.3, 0.4) is 0 Å². The molecule has 2 N–H and O–H groups in total. The van der Waals surface area contributed by atoms with Crippen molar-refractivity contribution in [1.82, 2.24) is 4.98 Å². The van der Waals surface area contributed by atoms with Crippen LogP contribution in [0.5, 0.6) is 0 Å². The summed E-state index contributed by atoms with van der Waals surface area (Å²) >= 11 is 1.62. The van der Waals surface area contributed by atoms with E-state index in [1.54, 1.807) is 11.3 Å². The number of nitrogens with two attached hydrogens (primary N) is 1. The van der Waals surface area contributed by atoms with Crippen LogP contribution in [-0.4, -0.2) is 4.98 Å². The zero-order valence-corrected chi connectivity index (χ0v) is 8.40. The van der Waals surface area contributed by atoms with Crippen molar-refractivity contribution in [2.24, 2.45) is 5.73 Å². The van der Waals surface area contributed by atoms with Crippen LogP contribution in [0.4, 0.5) is 0 Å². The second-order valence-electron chi connectivity index (χ2n) is 2.12. The van der Waals surface area contributed by atoms with E-state index in [-0.39, 0.29) is 6.04 Å².